The van der Waals surface area contributed by atoms with Gasteiger partial charge in [-0.15, -0.1) is 0 Å². The van der Waals surface area contributed by atoms with Crippen molar-refractivity contribution < 1.29 is 9.59 Å². The van der Waals surface area contributed by atoms with Gasteiger partial charge in [0.2, 0.25) is 11.8 Å². The van der Waals surface area contributed by atoms with Crippen LogP contribution in [0.1, 0.15) is 38.5 Å². The van der Waals surface area contributed by atoms with Crippen LogP contribution in [0.25, 0.3) is 0 Å². The van der Waals surface area contributed by atoms with Crippen molar-refractivity contribution in [1.82, 2.24) is 5.32 Å². The Bertz CT molecular complexity index is 482. The Hall–Kier alpha value is -1.88. The van der Waals surface area contributed by atoms with E-state index in [4.69, 9.17) is 5.73 Å². The summed E-state index contributed by atoms with van der Waals surface area (Å²) in [5, 5.41) is 5.57. The first-order chi connectivity index (χ1) is 10.1. The quantitative estimate of drug-likeness (QED) is 0.772. The SMILES string of the molecule is NC1(C(=O)NCCC(=O)Nc2ccccc2)CCCCC1. The van der Waals surface area contributed by atoms with Gasteiger partial charge in [0.1, 0.15) is 0 Å². The Kier molecular flexibility index (Phi) is 5.33. The van der Waals surface area contributed by atoms with Gasteiger partial charge in [-0.2, -0.15) is 0 Å². The number of para-hydroxylation sites is 1. The fraction of sp³-hybridized carbons (Fsp3) is 0.500. The number of carbonyl (C=O) groups is 2. The fourth-order valence-electron chi connectivity index (χ4n) is 2.62. The van der Waals surface area contributed by atoms with Crippen LogP contribution in [0.15, 0.2) is 30.3 Å². The van der Waals surface area contributed by atoms with E-state index in [0.717, 1.165) is 37.8 Å². The second-order valence-electron chi connectivity index (χ2n) is 5.64. The Labute approximate surface area is 125 Å². The third-order valence-corrected chi connectivity index (χ3v) is 3.89. The number of anilines is 1. The van der Waals surface area contributed by atoms with E-state index < -0.39 is 5.54 Å². The van der Waals surface area contributed by atoms with Crippen molar-refractivity contribution in [1.29, 1.82) is 0 Å². The van der Waals surface area contributed by atoms with Crippen LogP contribution in [0.4, 0.5) is 5.69 Å². The summed E-state index contributed by atoms with van der Waals surface area (Å²) in [6.45, 7) is 0.316. The summed E-state index contributed by atoms with van der Waals surface area (Å²) in [7, 11) is 0. The van der Waals surface area contributed by atoms with E-state index in [2.05, 4.69) is 10.6 Å². The summed E-state index contributed by atoms with van der Waals surface area (Å²) >= 11 is 0. The highest BCUT2D eigenvalue weighted by molar-refractivity contribution is 5.91. The summed E-state index contributed by atoms with van der Waals surface area (Å²) in [5.41, 5.74) is 6.15. The smallest absolute Gasteiger partial charge is 0.240 e. The number of hydrogen-bond acceptors (Lipinski definition) is 3. The number of hydrogen-bond donors (Lipinski definition) is 3. The predicted octanol–water partition coefficient (Wildman–Crippen LogP) is 1.79. The molecule has 0 spiro atoms. The molecule has 0 saturated heterocycles. The number of amides is 2. The van der Waals surface area contributed by atoms with Crippen LogP contribution in [0.3, 0.4) is 0 Å². The lowest BCUT2D eigenvalue weighted by atomic mass is 9.82. The zero-order valence-electron chi connectivity index (χ0n) is 12.2. The van der Waals surface area contributed by atoms with Gasteiger partial charge in [0.05, 0.1) is 5.54 Å². The van der Waals surface area contributed by atoms with Gasteiger partial charge in [0.15, 0.2) is 0 Å². The lowest BCUT2D eigenvalue weighted by Gasteiger charge is -2.31. The number of nitrogens with one attached hydrogen (secondary N) is 2. The topological polar surface area (TPSA) is 84.2 Å². The maximum Gasteiger partial charge on any atom is 0.240 e. The summed E-state index contributed by atoms with van der Waals surface area (Å²) in [6.07, 6.45) is 4.85. The molecule has 1 saturated carbocycles. The monoisotopic (exact) mass is 289 g/mol. The maximum atomic E-state index is 12.1. The molecule has 21 heavy (non-hydrogen) atoms. The Balaban J connectivity index is 1.71. The molecule has 0 atom stereocenters. The van der Waals surface area contributed by atoms with E-state index in [1.165, 1.54) is 0 Å². The minimum absolute atomic E-state index is 0.115. The molecule has 0 radical (unpaired) electrons. The molecule has 1 aliphatic rings. The van der Waals surface area contributed by atoms with Gasteiger partial charge >= 0.3 is 0 Å². The Morgan fingerprint density at radius 1 is 1.10 bits per heavy atom. The molecule has 0 unspecified atom stereocenters. The van der Waals surface area contributed by atoms with Crippen molar-refractivity contribution in [3.8, 4) is 0 Å². The molecule has 114 valence electrons. The molecule has 1 aliphatic carbocycles. The van der Waals surface area contributed by atoms with Crippen LogP contribution in [0.2, 0.25) is 0 Å². The summed E-state index contributed by atoms with van der Waals surface area (Å²) in [6, 6.07) is 9.26. The molecule has 1 fully saturated rings. The highest BCUT2D eigenvalue weighted by atomic mass is 16.2. The van der Waals surface area contributed by atoms with Gasteiger partial charge in [-0.25, -0.2) is 0 Å². The molecule has 5 nitrogen and oxygen atoms in total. The number of rotatable bonds is 5. The molecular weight excluding hydrogens is 266 g/mol. The van der Waals surface area contributed by atoms with E-state index in [1.54, 1.807) is 0 Å². The van der Waals surface area contributed by atoms with Crippen molar-refractivity contribution in [3.05, 3.63) is 30.3 Å². The summed E-state index contributed by atoms with van der Waals surface area (Å²) in [4.78, 5) is 23.8. The second-order valence-corrected chi connectivity index (χ2v) is 5.64. The molecule has 5 heteroatoms. The predicted molar refractivity (Wildman–Crippen MR) is 82.7 cm³/mol. The van der Waals surface area contributed by atoms with Gasteiger partial charge in [-0.1, -0.05) is 37.5 Å². The molecule has 4 N–H and O–H groups in total. The zero-order valence-corrected chi connectivity index (χ0v) is 12.2. The van der Waals surface area contributed by atoms with Crippen molar-refractivity contribution in [3.63, 3.8) is 0 Å². The number of nitrogens with two attached hydrogens (primary N) is 1. The molecule has 2 rings (SSSR count). The first-order valence-electron chi connectivity index (χ1n) is 7.52. The van der Waals surface area contributed by atoms with Gasteiger partial charge < -0.3 is 16.4 Å². The van der Waals surface area contributed by atoms with Crippen LogP contribution < -0.4 is 16.4 Å². The standard InChI is InChI=1S/C16H23N3O2/c17-16(10-5-2-6-11-16)15(21)18-12-9-14(20)19-13-7-3-1-4-8-13/h1,3-4,7-8H,2,5-6,9-12,17H2,(H,18,21)(H,19,20). The molecule has 2 amide bonds. The maximum absolute atomic E-state index is 12.1. The van der Waals surface area contributed by atoms with Crippen molar-refractivity contribution in [2.45, 2.75) is 44.1 Å². The molecule has 0 bridgehead atoms. The van der Waals surface area contributed by atoms with Gasteiger partial charge in [-0.3, -0.25) is 9.59 Å². The average molecular weight is 289 g/mol. The van der Waals surface area contributed by atoms with E-state index in [0.29, 0.717) is 6.54 Å². The summed E-state index contributed by atoms with van der Waals surface area (Å²) in [5.74, 6) is -0.245. The highest BCUT2D eigenvalue weighted by Gasteiger charge is 2.34. The molecule has 0 aliphatic heterocycles. The third kappa shape index (κ3) is 4.56. The van der Waals surface area contributed by atoms with Crippen molar-refractivity contribution in [2.75, 3.05) is 11.9 Å². The van der Waals surface area contributed by atoms with Gasteiger partial charge in [0, 0.05) is 18.7 Å². The van der Waals surface area contributed by atoms with E-state index in [-0.39, 0.29) is 18.2 Å². The van der Waals surface area contributed by atoms with Crippen LogP contribution >= 0.6 is 0 Å². The molecule has 0 aromatic heterocycles. The summed E-state index contributed by atoms with van der Waals surface area (Å²) < 4.78 is 0. The number of benzene rings is 1. The van der Waals surface area contributed by atoms with Crippen LogP contribution in [-0.2, 0) is 9.59 Å². The molecular formula is C16H23N3O2. The van der Waals surface area contributed by atoms with Crippen molar-refractivity contribution in [2.24, 2.45) is 5.73 Å². The highest BCUT2D eigenvalue weighted by Crippen LogP contribution is 2.25. The van der Waals surface area contributed by atoms with Gasteiger partial charge in [0.25, 0.3) is 0 Å². The van der Waals surface area contributed by atoms with Gasteiger partial charge in [-0.05, 0) is 25.0 Å². The Morgan fingerprint density at radius 3 is 2.43 bits per heavy atom. The molecule has 1 aromatic rings. The second kappa shape index (κ2) is 7.22. The third-order valence-electron chi connectivity index (χ3n) is 3.89. The van der Waals surface area contributed by atoms with Crippen LogP contribution in [-0.4, -0.2) is 23.9 Å². The Morgan fingerprint density at radius 2 is 1.76 bits per heavy atom. The molecule has 1 aromatic carbocycles. The van der Waals surface area contributed by atoms with Crippen molar-refractivity contribution >= 4 is 17.5 Å². The lowest BCUT2D eigenvalue weighted by molar-refractivity contribution is -0.127. The average Bonchev–Trinajstić information content (AvgIpc) is 2.49. The van der Waals surface area contributed by atoms with E-state index in [1.807, 2.05) is 30.3 Å². The fourth-order valence-corrected chi connectivity index (χ4v) is 2.62. The normalized spacial score (nSPS) is 17.0. The largest absolute Gasteiger partial charge is 0.354 e. The first kappa shape index (κ1) is 15.5. The lowest BCUT2D eigenvalue weighted by Crippen LogP contribution is -2.55. The number of carbonyl (C=O) groups excluding carboxylic acids is 2. The first-order valence-corrected chi connectivity index (χ1v) is 7.52. The van der Waals surface area contributed by atoms with E-state index in [9.17, 15) is 9.59 Å². The minimum atomic E-state index is -0.742. The zero-order chi connectivity index (χ0) is 15.1. The van der Waals surface area contributed by atoms with E-state index >= 15 is 0 Å². The molecule has 0 heterocycles. The van der Waals surface area contributed by atoms with Crippen LogP contribution in [0.5, 0.6) is 0 Å². The van der Waals surface area contributed by atoms with Crippen LogP contribution in [0, 0.1) is 0 Å². The minimum Gasteiger partial charge on any atom is -0.354 e.